The third-order valence-electron chi connectivity index (χ3n) is 5.16. The number of hydrogen-bond donors (Lipinski definition) is 2. The number of piperidine rings is 1. The Bertz CT molecular complexity index is 650. The Kier molecular flexibility index (Phi) is 6.51. The van der Waals surface area contributed by atoms with Crippen LogP contribution in [-0.4, -0.2) is 50.3 Å². The highest BCUT2D eigenvalue weighted by molar-refractivity contribution is 5.82. The molecule has 0 saturated carbocycles. The lowest BCUT2D eigenvalue weighted by molar-refractivity contribution is -0.134. The summed E-state index contributed by atoms with van der Waals surface area (Å²) >= 11 is 0. The van der Waals surface area contributed by atoms with Gasteiger partial charge in [-0.3, -0.25) is 4.79 Å². The SMILES string of the molecule is C#CCOCC1CCN(C(=O)C2CC(c3cccc(OC)c3)NN2)CC1. The van der Waals surface area contributed by atoms with Gasteiger partial charge in [0.25, 0.3) is 0 Å². The van der Waals surface area contributed by atoms with Gasteiger partial charge in [0.1, 0.15) is 18.4 Å². The monoisotopic (exact) mass is 357 g/mol. The Morgan fingerprint density at radius 1 is 1.35 bits per heavy atom. The van der Waals surface area contributed by atoms with Gasteiger partial charge >= 0.3 is 0 Å². The Morgan fingerprint density at radius 2 is 2.15 bits per heavy atom. The van der Waals surface area contributed by atoms with E-state index in [2.05, 4.69) is 22.8 Å². The first kappa shape index (κ1) is 18.7. The van der Waals surface area contributed by atoms with Gasteiger partial charge in [0.15, 0.2) is 0 Å². The topological polar surface area (TPSA) is 62.8 Å². The summed E-state index contributed by atoms with van der Waals surface area (Å²) in [5.41, 5.74) is 7.53. The van der Waals surface area contributed by atoms with Crippen molar-refractivity contribution in [2.24, 2.45) is 5.92 Å². The molecule has 2 saturated heterocycles. The van der Waals surface area contributed by atoms with Crippen molar-refractivity contribution >= 4 is 5.91 Å². The second-order valence-corrected chi connectivity index (χ2v) is 6.89. The minimum absolute atomic E-state index is 0.105. The van der Waals surface area contributed by atoms with Crippen LogP contribution in [0, 0.1) is 18.3 Å². The van der Waals surface area contributed by atoms with Crippen LogP contribution in [0.5, 0.6) is 5.75 Å². The van der Waals surface area contributed by atoms with E-state index < -0.39 is 0 Å². The molecule has 2 heterocycles. The number of nitrogens with zero attached hydrogens (tertiary/aromatic N) is 1. The van der Waals surface area contributed by atoms with E-state index in [1.54, 1.807) is 7.11 Å². The number of rotatable bonds is 6. The van der Waals surface area contributed by atoms with Gasteiger partial charge in [0, 0.05) is 19.1 Å². The lowest BCUT2D eigenvalue weighted by atomic mass is 9.96. The fourth-order valence-corrected chi connectivity index (χ4v) is 3.62. The van der Waals surface area contributed by atoms with Crippen LogP contribution in [0.2, 0.25) is 0 Å². The van der Waals surface area contributed by atoms with Crippen molar-refractivity contribution in [2.75, 3.05) is 33.4 Å². The number of ether oxygens (including phenoxy) is 2. The van der Waals surface area contributed by atoms with E-state index in [0.717, 1.165) is 43.7 Å². The molecule has 0 aromatic heterocycles. The molecule has 1 amide bonds. The van der Waals surface area contributed by atoms with Crippen LogP contribution < -0.4 is 15.6 Å². The molecule has 0 bridgehead atoms. The highest BCUT2D eigenvalue weighted by Crippen LogP contribution is 2.27. The van der Waals surface area contributed by atoms with E-state index >= 15 is 0 Å². The zero-order chi connectivity index (χ0) is 18.4. The lowest BCUT2D eigenvalue weighted by Gasteiger charge is -2.33. The average molecular weight is 357 g/mol. The van der Waals surface area contributed by atoms with E-state index in [0.29, 0.717) is 19.1 Å². The fraction of sp³-hybridized carbons (Fsp3) is 0.550. The summed E-state index contributed by atoms with van der Waals surface area (Å²) in [4.78, 5) is 14.8. The third-order valence-corrected chi connectivity index (χ3v) is 5.16. The molecule has 2 N–H and O–H groups in total. The van der Waals surface area contributed by atoms with Crippen LogP contribution in [0.3, 0.4) is 0 Å². The molecule has 140 valence electrons. The zero-order valence-corrected chi connectivity index (χ0v) is 15.2. The molecule has 0 spiro atoms. The second kappa shape index (κ2) is 9.04. The number of carbonyl (C=O) groups excluding carboxylic acids is 1. The van der Waals surface area contributed by atoms with Gasteiger partial charge < -0.3 is 14.4 Å². The molecule has 26 heavy (non-hydrogen) atoms. The molecule has 2 atom stereocenters. The van der Waals surface area contributed by atoms with Gasteiger partial charge in [-0.2, -0.15) is 0 Å². The van der Waals surface area contributed by atoms with E-state index in [-0.39, 0.29) is 18.0 Å². The standard InChI is InChI=1S/C20H27N3O3/c1-3-11-26-14-15-7-9-23(10-8-15)20(24)19-13-18(21-22-19)16-5-4-6-17(12-16)25-2/h1,4-6,12,15,18-19,21-22H,7-11,13-14H2,2H3. The molecule has 6 heteroatoms. The minimum Gasteiger partial charge on any atom is -0.497 e. The molecular weight excluding hydrogens is 330 g/mol. The Labute approximate surface area is 155 Å². The summed E-state index contributed by atoms with van der Waals surface area (Å²) in [6.45, 7) is 2.62. The summed E-state index contributed by atoms with van der Waals surface area (Å²) in [7, 11) is 1.66. The fourth-order valence-electron chi connectivity index (χ4n) is 3.62. The number of likely N-dealkylation sites (tertiary alicyclic amines) is 1. The number of terminal acetylenes is 1. The number of carbonyl (C=O) groups is 1. The molecular formula is C20H27N3O3. The molecule has 1 aromatic carbocycles. The Morgan fingerprint density at radius 3 is 2.88 bits per heavy atom. The van der Waals surface area contributed by atoms with Crippen molar-refractivity contribution in [3.63, 3.8) is 0 Å². The predicted octanol–water partition coefficient (Wildman–Crippen LogP) is 1.49. The smallest absolute Gasteiger partial charge is 0.241 e. The van der Waals surface area contributed by atoms with Gasteiger partial charge in [-0.25, -0.2) is 10.9 Å². The molecule has 0 aliphatic carbocycles. The van der Waals surface area contributed by atoms with Crippen molar-refractivity contribution in [1.82, 2.24) is 15.8 Å². The zero-order valence-electron chi connectivity index (χ0n) is 15.2. The van der Waals surface area contributed by atoms with Crippen LogP contribution in [0.15, 0.2) is 24.3 Å². The number of methoxy groups -OCH3 is 1. The van der Waals surface area contributed by atoms with Gasteiger partial charge in [-0.1, -0.05) is 18.1 Å². The molecule has 2 unspecified atom stereocenters. The van der Waals surface area contributed by atoms with Crippen LogP contribution in [0.1, 0.15) is 30.9 Å². The number of nitrogens with one attached hydrogen (secondary N) is 2. The summed E-state index contributed by atoms with van der Waals surface area (Å²) in [6.07, 6.45) is 7.87. The number of hydrogen-bond acceptors (Lipinski definition) is 5. The van der Waals surface area contributed by atoms with Crippen LogP contribution in [-0.2, 0) is 9.53 Å². The summed E-state index contributed by atoms with van der Waals surface area (Å²) in [6, 6.07) is 7.86. The lowest BCUT2D eigenvalue weighted by Crippen LogP contribution is -2.48. The quantitative estimate of drug-likeness (QED) is 0.597. The van der Waals surface area contributed by atoms with E-state index in [1.807, 2.05) is 23.1 Å². The van der Waals surface area contributed by atoms with Crippen LogP contribution in [0.4, 0.5) is 0 Å². The van der Waals surface area contributed by atoms with Gasteiger partial charge in [0.2, 0.25) is 5.91 Å². The summed E-state index contributed by atoms with van der Waals surface area (Å²) in [5.74, 6) is 3.98. The summed E-state index contributed by atoms with van der Waals surface area (Å²) in [5, 5.41) is 0. The number of amides is 1. The van der Waals surface area contributed by atoms with Gasteiger partial charge in [-0.05, 0) is 42.9 Å². The van der Waals surface area contributed by atoms with Gasteiger partial charge in [0.05, 0.1) is 13.7 Å². The molecule has 6 nitrogen and oxygen atoms in total. The third kappa shape index (κ3) is 4.55. The molecule has 1 aromatic rings. The number of benzene rings is 1. The minimum atomic E-state index is -0.194. The molecule has 2 fully saturated rings. The predicted molar refractivity (Wildman–Crippen MR) is 99.4 cm³/mol. The summed E-state index contributed by atoms with van der Waals surface area (Å²) < 4.78 is 10.7. The maximum Gasteiger partial charge on any atom is 0.241 e. The highest BCUT2D eigenvalue weighted by atomic mass is 16.5. The molecule has 2 aliphatic rings. The van der Waals surface area contributed by atoms with Gasteiger partial charge in [-0.15, -0.1) is 6.42 Å². The van der Waals surface area contributed by atoms with E-state index in [1.165, 1.54) is 0 Å². The van der Waals surface area contributed by atoms with Crippen LogP contribution >= 0.6 is 0 Å². The van der Waals surface area contributed by atoms with E-state index in [9.17, 15) is 4.79 Å². The van der Waals surface area contributed by atoms with Crippen molar-refractivity contribution < 1.29 is 14.3 Å². The first-order valence-corrected chi connectivity index (χ1v) is 9.16. The van der Waals surface area contributed by atoms with Crippen molar-refractivity contribution in [2.45, 2.75) is 31.3 Å². The Balaban J connectivity index is 1.48. The Hall–Kier alpha value is -2.07. The maximum atomic E-state index is 12.8. The number of hydrazine groups is 1. The molecule has 3 rings (SSSR count). The van der Waals surface area contributed by atoms with E-state index in [4.69, 9.17) is 15.9 Å². The van der Waals surface area contributed by atoms with Crippen molar-refractivity contribution in [1.29, 1.82) is 0 Å². The second-order valence-electron chi connectivity index (χ2n) is 6.89. The van der Waals surface area contributed by atoms with Crippen molar-refractivity contribution in [3.8, 4) is 18.1 Å². The molecule has 0 radical (unpaired) electrons. The maximum absolute atomic E-state index is 12.8. The van der Waals surface area contributed by atoms with Crippen molar-refractivity contribution in [3.05, 3.63) is 29.8 Å². The highest BCUT2D eigenvalue weighted by Gasteiger charge is 2.34. The molecule has 2 aliphatic heterocycles. The normalized spacial score (nSPS) is 23.6. The largest absolute Gasteiger partial charge is 0.497 e. The average Bonchev–Trinajstić information content (AvgIpc) is 3.18. The first-order valence-electron chi connectivity index (χ1n) is 9.16. The van der Waals surface area contributed by atoms with Crippen LogP contribution in [0.25, 0.3) is 0 Å². The first-order chi connectivity index (χ1) is 12.7.